The molecule has 0 radical (unpaired) electrons. The summed E-state index contributed by atoms with van der Waals surface area (Å²) in [5, 5.41) is 0.975. The van der Waals surface area contributed by atoms with Crippen LogP contribution in [0.2, 0.25) is 0 Å². The van der Waals surface area contributed by atoms with E-state index < -0.39 is 0 Å². The number of likely N-dealkylation sites (tertiary alicyclic amines) is 1. The van der Waals surface area contributed by atoms with Crippen molar-refractivity contribution in [2.75, 3.05) is 19.7 Å². The van der Waals surface area contributed by atoms with Crippen LogP contribution in [-0.2, 0) is 4.74 Å². The van der Waals surface area contributed by atoms with Crippen LogP contribution in [0, 0.1) is 20.8 Å². The second-order valence-electron chi connectivity index (χ2n) is 7.29. The molecule has 24 heavy (non-hydrogen) atoms. The molecule has 1 aromatic carbocycles. The van der Waals surface area contributed by atoms with E-state index in [0.717, 1.165) is 72.2 Å². The number of carbonyl (C=O) groups excluding carboxylic acids is 1. The summed E-state index contributed by atoms with van der Waals surface area (Å²) < 4.78 is 5.77. The van der Waals surface area contributed by atoms with Gasteiger partial charge in [0.1, 0.15) is 0 Å². The number of pyridine rings is 1. The van der Waals surface area contributed by atoms with E-state index in [0.29, 0.717) is 0 Å². The topological polar surface area (TPSA) is 42.4 Å². The number of aryl methyl sites for hydroxylation is 2. The molecule has 1 spiro atoms. The standard InChI is InChI=1S/C20H24N2O2/c1-13-4-5-17-16(12-13)18(14(2)15(3)21-17)19(23)22-9-6-20(7-10-22)8-11-24-20/h4-5,12H,6-11H2,1-3H3. The molecule has 4 heteroatoms. The Labute approximate surface area is 142 Å². The zero-order valence-electron chi connectivity index (χ0n) is 14.7. The third-order valence-corrected chi connectivity index (χ3v) is 5.77. The molecule has 2 aromatic rings. The molecule has 2 aliphatic heterocycles. The fraction of sp³-hybridized carbons (Fsp3) is 0.500. The van der Waals surface area contributed by atoms with Crippen molar-refractivity contribution < 1.29 is 9.53 Å². The number of rotatable bonds is 1. The smallest absolute Gasteiger partial charge is 0.254 e. The van der Waals surface area contributed by atoms with E-state index in [4.69, 9.17) is 4.74 Å². The Bertz CT molecular complexity index is 814. The second-order valence-corrected chi connectivity index (χ2v) is 7.29. The summed E-state index contributed by atoms with van der Waals surface area (Å²) in [6, 6.07) is 6.15. The first-order chi connectivity index (χ1) is 11.5. The molecule has 2 fully saturated rings. The number of nitrogens with zero attached hydrogens (tertiary/aromatic N) is 2. The first-order valence-electron chi connectivity index (χ1n) is 8.80. The highest BCUT2D eigenvalue weighted by atomic mass is 16.5. The number of amides is 1. The highest BCUT2D eigenvalue weighted by Crippen LogP contribution is 2.37. The molecule has 4 nitrogen and oxygen atoms in total. The molecule has 0 unspecified atom stereocenters. The van der Waals surface area contributed by atoms with Crippen molar-refractivity contribution in [2.24, 2.45) is 0 Å². The maximum Gasteiger partial charge on any atom is 0.254 e. The van der Waals surface area contributed by atoms with Gasteiger partial charge in [0.25, 0.3) is 5.91 Å². The van der Waals surface area contributed by atoms with Gasteiger partial charge in [0.2, 0.25) is 0 Å². The van der Waals surface area contributed by atoms with Crippen LogP contribution in [0.5, 0.6) is 0 Å². The lowest BCUT2D eigenvalue weighted by molar-refractivity contribution is -0.169. The van der Waals surface area contributed by atoms with Crippen LogP contribution in [0.15, 0.2) is 18.2 Å². The Morgan fingerprint density at radius 3 is 2.50 bits per heavy atom. The van der Waals surface area contributed by atoms with Crippen LogP contribution in [0.25, 0.3) is 10.9 Å². The molecular formula is C20H24N2O2. The van der Waals surface area contributed by atoms with Crippen molar-refractivity contribution in [2.45, 2.75) is 45.6 Å². The first-order valence-corrected chi connectivity index (χ1v) is 8.80. The summed E-state index contributed by atoms with van der Waals surface area (Å²) in [5.41, 5.74) is 4.89. The normalized spacial score (nSPS) is 19.5. The Morgan fingerprint density at radius 2 is 1.88 bits per heavy atom. The van der Waals surface area contributed by atoms with E-state index in [2.05, 4.69) is 24.0 Å². The van der Waals surface area contributed by atoms with Crippen LogP contribution in [0.1, 0.15) is 46.4 Å². The first kappa shape index (κ1) is 15.6. The zero-order chi connectivity index (χ0) is 16.9. The number of benzene rings is 1. The second kappa shape index (κ2) is 5.55. The highest BCUT2D eigenvalue weighted by molar-refractivity contribution is 6.07. The number of hydrogen-bond donors (Lipinski definition) is 0. The molecular weight excluding hydrogens is 300 g/mol. The molecule has 1 amide bonds. The molecule has 126 valence electrons. The van der Waals surface area contributed by atoms with Crippen molar-refractivity contribution >= 4 is 16.8 Å². The maximum absolute atomic E-state index is 13.3. The van der Waals surface area contributed by atoms with Crippen molar-refractivity contribution in [1.29, 1.82) is 0 Å². The highest BCUT2D eigenvalue weighted by Gasteiger charge is 2.42. The van der Waals surface area contributed by atoms with E-state index in [-0.39, 0.29) is 11.5 Å². The fourth-order valence-electron chi connectivity index (χ4n) is 3.93. The van der Waals surface area contributed by atoms with E-state index in [1.54, 1.807) is 0 Å². The summed E-state index contributed by atoms with van der Waals surface area (Å²) in [4.78, 5) is 19.9. The molecule has 0 bridgehead atoms. The summed E-state index contributed by atoms with van der Waals surface area (Å²) in [6.07, 6.45) is 3.06. The number of aromatic nitrogens is 1. The minimum atomic E-state index is 0.0681. The molecule has 3 heterocycles. The summed E-state index contributed by atoms with van der Waals surface area (Å²) in [7, 11) is 0. The van der Waals surface area contributed by atoms with E-state index in [1.807, 2.05) is 24.8 Å². The van der Waals surface area contributed by atoms with Crippen LogP contribution in [0.3, 0.4) is 0 Å². The largest absolute Gasteiger partial charge is 0.375 e. The van der Waals surface area contributed by atoms with Crippen LogP contribution >= 0.6 is 0 Å². The van der Waals surface area contributed by atoms with Gasteiger partial charge in [-0.15, -0.1) is 0 Å². The number of fused-ring (bicyclic) bond motifs is 1. The van der Waals surface area contributed by atoms with Gasteiger partial charge in [0, 0.05) is 24.2 Å². The Kier molecular flexibility index (Phi) is 3.61. The van der Waals surface area contributed by atoms with Gasteiger partial charge in [-0.2, -0.15) is 0 Å². The summed E-state index contributed by atoms with van der Waals surface area (Å²) >= 11 is 0. The predicted octanol–water partition coefficient (Wildman–Crippen LogP) is 3.56. The average molecular weight is 324 g/mol. The average Bonchev–Trinajstić information content (AvgIpc) is 2.55. The molecule has 0 N–H and O–H groups in total. The van der Waals surface area contributed by atoms with Gasteiger partial charge in [0.15, 0.2) is 0 Å². The summed E-state index contributed by atoms with van der Waals surface area (Å²) in [6.45, 7) is 8.50. The van der Waals surface area contributed by atoms with Gasteiger partial charge in [-0.3, -0.25) is 9.78 Å². The number of hydrogen-bond acceptors (Lipinski definition) is 3. The van der Waals surface area contributed by atoms with Crippen LogP contribution in [0.4, 0.5) is 0 Å². The van der Waals surface area contributed by atoms with Crippen molar-refractivity contribution in [3.63, 3.8) is 0 Å². The lowest BCUT2D eigenvalue weighted by Crippen LogP contribution is -2.53. The fourth-order valence-corrected chi connectivity index (χ4v) is 3.93. The van der Waals surface area contributed by atoms with Crippen molar-refractivity contribution in [1.82, 2.24) is 9.88 Å². The number of ether oxygens (including phenoxy) is 1. The van der Waals surface area contributed by atoms with E-state index in [9.17, 15) is 4.79 Å². The lowest BCUT2D eigenvalue weighted by Gasteiger charge is -2.47. The van der Waals surface area contributed by atoms with Gasteiger partial charge in [0.05, 0.1) is 23.3 Å². The third-order valence-electron chi connectivity index (χ3n) is 5.77. The molecule has 2 saturated heterocycles. The van der Waals surface area contributed by atoms with E-state index >= 15 is 0 Å². The van der Waals surface area contributed by atoms with Gasteiger partial charge >= 0.3 is 0 Å². The monoisotopic (exact) mass is 324 g/mol. The number of piperidine rings is 1. The molecule has 0 aliphatic carbocycles. The minimum Gasteiger partial charge on any atom is -0.375 e. The van der Waals surface area contributed by atoms with Gasteiger partial charge < -0.3 is 9.64 Å². The Balaban J connectivity index is 1.71. The zero-order valence-corrected chi connectivity index (χ0v) is 14.7. The SMILES string of the molecule is Cc1ccc2nc(C)c(C)c(C(=O)N3CCC4(CCO4)CC3)c2c1. The quantitative estimate of drug-likeness (QED) is 0.805. The van der Waals surface area contributed by atoms with Crippen LogP contribution < -0.4 is 0 Å². The Morgan fingerprint density at radius 1 is 1.17 bits per heavy atom. The van der Waals surface area contributed by atoms with Crippen molar-refractivity contribution in [3.8, 4) is 0 Å². The van der Waals surface area contributed by atoms with Crippen LogP contribution in [-0.4, -0.2) is 41.1 Å². The summed E-state index contributed by atoms with van der Waals surface area (Å²) in [5.74, 6) is 0.141. The van der Waals surface area contributed by atoms with Gasteiger partial charge in [-0.1, -0.05) is 11.6 Å². The number of carbonyl (C=O) groups is 1. The molecule has 2 aliphatic rings. The molecule has 0 saturated carbocycles. The van der Waals surface area contributed by atoms with E-state index in [1.165, 1.54) is 0 Å². The minimum absolute atomic E-state index is 0.0681. The van der Waals surface area contributed by atoms with Gasteiger partial charge in [-0.05, 0) is 57.7 Å². The lowest BCUT2D eigenvalue weighted by atomic mass is 9.84. The Hall–Kier alpha value is -1.94. The molecule has 4 rings (SSSR count). The maximum atomic E-state index is 13.3. The molecule has 1 aromatic heterocycles. The predicted molar refractivity (Wildman–Crippen MR) is 94.4 cm³/mol. The van der Waals surface area contributed by atoms with Gasteiger partial charge in [-0.25, -0.2) is 0 Å². The van der Waals surface area contributed by atoms with Crippen molar-refractivity contribution in [3.05, 3.63) is 40.6 Å². The third kappa shape index (κ3) is 2.40. The molecule has 0 atom stereocenters.